The van der Waals surface area contributed by atoms with Crippen LogP contribution in [0.4, 0.5) is 5.13 Å². The Morgan fingerprint density at radius 2 is 1.73 bits per heavy atom. The van der Waals surface area contributed by atoms with E-state index in [1.54, 1.807) is 0 Å². The third-order valence-corrected chi connectivity index (χ3v) is 3.88. The van der Waals surface area contributed by atoms with Crippen molar-refractivity contribution in [3.8, 4) is 0 Å². The van der Waals surface area contributed by atoms with Gasteiger partial charge in [0.15, 0.2) is 5.13 Å². The van der Waals surface area contributed by atoms with Crippen LogP contribution in [0.1, 0.15) is 30.7 Å². The van der Waals surface area contributed by atoms with Crippen molar-refractivity contribution in [2.45, 2.75) is 33.2 Å². The normalized spacial score (nSPS) is 10.3. The Hall–Kier alpha value is -2.21. The fourth-order valence-electron chi connectivity index (χ4n) is 1.95. The summed E-state index contributed by atoms with van der Waals surface area (Å²) < 4.78 is 0. The molecular weight excluding hydrogens is 298 g/mol. The van der Waals surface area contributed by atoms with E-state index in [1.807, 2.05) is 17.5 Å². The summed E-state index contributed by atoms with van der Waals surface area (Å²) in [7, 11) is 0. The summed E-state index contributed by atoms with van der Waals surface area (Å²) in [5, 5.41) is 8.08. The molecule has 1 aromatic heterocycles. The molecule has 1 heterocycles. The van der Waals surface area contributed by atoms with E-state index in [4.69, 9.17) is 0 Å². The monoisotopic (exact) mass is 317 g/mol. The van der Waals surface area contributed by atoms with Crippen molar-refractivity contribution in [2.24, 2.45) is 0 Å². The minimum absolute atomic E-state index is 0.0254. The number of carbonyl (C=O) groups excluding carboxylic acids is 2. The Balaban J connectivity index is 1.84. The van der Waals surface area contributed by atoms with Crippen molar-refractivity contribution in [3.63, 3.8) is 0 Å². The Morgan fingerprint density at radius 1 is 1.05 bits per heavy atom. The van der Waals surface area contributed by atoms with Gasteiger partial charge in [0.2, 0.25) is 11.8 Å². The van der Waals surface area contributed by atoms with Gasteiger partial charge in [0.1, 0.15) is 0 Å². The van der Waals surface area contributed by atoms with Gasteiger partial charge in [0, 0.05) is 25.8 Å². The fraction of sp³-hybridized carbons (Fsp3) is 0.312. The lowest BCUT2D eigenvalue weighted by molar-refractivity contribution is -0.119. The van der Waals surface area contributed by atoms with E-state index in [0.717, 1.165) is 24.1 Å². The van der Waals surface area contributed by atoms with Gasteiger partial charge < -0.3 is 10.6 Å². The predicted octanol–water partition coefficient (Wildman–Crippen LogP) is 2.52. The van der Waals surface area contributed by atoms with Crippen LogP contribution in [-0.2, 0) is 29.0 Å². The third-order valence-electron chi connectivity index (χ3n) is 3.07. The molecule has 2 N–H and O–H groups in total. The largest absolute Gasteiger partial charge is 0.352 e. The quantitative estimate of drug-likeness (QED) is 0.860. The second-order valence-electron chi connectivity index (χ2n) is 5.05. The van der Waals surface area contributed by atoms with Crippen LogP contribution >= 0.6 is 11.3 Å². The maximum absolute atomic E-state index is 11.0. The molecule has 0 saturated carbocycles. The van der Waals surface area contributed by atoms with Gasteiger partial charge in [-0.05, 0) is 24.0 Å². The topological polar surface area (TPSA) is 71.1 Å². The van der Waals surface area contributed by atoms with E-state index in [0.29, 0.717) is 11.7 Å². The first kappa shape index (κ1) is 16.2. The van der Waals surface area contributed by atoms with Gasteiger partial charge in [0.25, 0.3) is 0 Å². The summed E-state index contributed by atoms with van der Waals surface area (Å²) >= 11 is 1.44. The number of anilines is 1. The molecule has 0 fully saturated rings. The zero-order valence-corrected chi connectivity index (χ0v) is 13.5. The van der Waals surface area contributed by atoms with E-state index >= 15 is 0 Å². The molecule has 0 spiro atoms. The molecule has 0 aliphatic rings. The van der Waals surface area contributed by atoms with Crippen LogP contribution < -0.4 is 10.6 Å². The number of thiazole rings is 1. The number of aromatic nitrogens is 1. The van der Waals surface area contributed by atoms with Gasteiger partial charge in [-0.1, -0.05) is 24.3 Å². The second-order valence-corrected chi connectivity index (χ2v) is 5.91. The SMILES string of the molecule is CC(=O)NCc1ccc(CCc2csc(NC(C)=O)n2)cc1. The summed E-state index contributed by atoms with van der Waals surface area (Å²) in [5.41, 5.74) is 3.29. The molecule has 6 heteroatoms. The first-order valence-electron chi connectivity index (χ1n) is 7.07. The van der Waals surface area contributed by atoms with E-state index in [1.165, 1.54) is 30.7 Å². The third kappa shape index (κ3) is 5.29. The lowest BCUT2D eigenvalue weighted by Gasteiger charge is -2.04. The van der Waals surface area contributed by atoms with Gasteiger partial charge in [-0.15, -0.1) is 11.3 Å². The van der Waals surface area contributed by atoms with Gasteiger partial charge in [0.05, 0.1) is 5.69 Å². The summed E-state index contributed by atoms with van der Waals surface area (Å²) in [6.45, 7) is 3.54. The summed E-state index contributed by atoms with van der Waals surface area (Å²) in [5.74, 6) is -0.127. The lowest BCUT2D eigenvalue weighted by atomic mass is 10.1. The van der Waals surface area contributed by atoms with Crippen molar-refractivity contribution in [2.75, 3.05) is 5.32 Å². The van der Waals surface area contributed by atoms with Crippen LogP contribution in [0.5, 0.6) is 0 Å². The van der Waals surface area contributed by atoms with Crippen LogP contribution in [-0.4, -0.2) is 16.8 Å². The number of nitrogens with one attached hydrogen (secondary N) is 2. The van der Waals surface area contributed by atoms with Crippen molar-refractivity contribution < 1.29 is 9.59 Å². The molecule has 0 atom stereocenters. The Bertz CT molecular complexity index is 650. The van der Waals surface area contributed by atoms with Gasteiger partial charge >= 0.3 is 0 Å². The van der Waals surface area contributed by atoms with Crippen molar-refractivity contribution in [3.05, 3.63) is 46.5 Å². The number of nitrogens with zero attached hydrogens (tertiary/aromatic N) is 1. The Labute approximate surface area is 133 Å². The first-order valence-corrected chi connectivity index (χ1v) is 7.95. The zero-order chi connectivity index (χ0) is 15.9. The number of hydrogen-bond donors (Lipinski definition) is 2. The van der Waals surface area contributed by atoms with Gasteiger partial charge in [-0.25, -0.2) is 4.98 Å². The smallest absolute Gasteiger partial charge is 0.223 e. The molecule has 116 valence electrons. The molecule has 1 aromatic carbocycles. The highest BCUT2D eigenvalue weighted by atomic mass is 32.1. The van der Waals surface area contributed by atoms with Crippen molar-refractivity contribution in [1.29, 1.82) is 0 Å². The molecule has 0 saturated heterocycles. The molecular formula is C16H19N3O2S. The minimum Gasteiger partial charge on any atom is -0.352 e. The predicted molar refractivity (Wildman–Crippen MR) is 87.8 cm³/mol. The molecule has 0 aliphatic heterocycles. The number of benzene rings is 1. The molecule has 0 radical (unpaired) electrons. The molecule has 2 rings (SSSR count). The number of hydrogen-bond acceptors (Lipinski definition) is 4. The van der Waals surface area contributed by atoms with Crippen molar-refractivity contribution >= 4 is 28.3 Å². The molecule has 2 aromatic rings. The van der Waals surface area contributed by atoms with Crippen LogP contribution in [0.15, 0.2) is 29.6 Å². The van der Waals surface area contributed by atoms with Crippen LogP contribution in [0.2, 0.25) is 0 Å². The molecule has 0 bridgehead atoms. The summed E-state index contributed by atoms with van der Waals surface area (Å²) in [6, 6.07) is 8.18. The number of rotatable bonds is 6. The highest BCUT2D eigenvalue weighted by molar-refractivity contribution is 7.13. The molecule has 0 aliphatic carbocycles. The standard InChI is InChI=1S/C16H19N3O2S/c1-11(20)17-9-14-5-3-13(4-6-14)7-8-15-10-22-16(19-15)18-12(2)21/h3-6,10H,7-9H2,1-2H3,(H,17,20)(H,18,19,21). The maximum Gasteiger partial charge on any atom is 0.223 e. The molecule has 0 unspecified atom stereocenters. The Kier molecular flexibility index (Phi) is 5.66. The molecule has 5 nitrogen and oxygen atoms in total. The van der Waals surface area contributed by atoms with E-state index in [2.05, 4.69) is 27.8 Å². The minimum atomic E-state index is -0.101. The first-order chi connectivity index (χ1) is 10.5. The van der Waals surface area contributed by atoms with Gasteiger partial charge in [-0.3, -0.25) is 9.59 Å². The molecule has 22 heavy (non-hydrogen) atoms. The highest BCUT2D eigenvalue weighted by Crippen LogP contribution is 2.17. The average molecular weight is 317 g/mol. The second kappa shape index (κ2) is 7.70. The number of aryl methyl sites for hydroxylation is 2. The average Bonchev–Trinajstić information content (AvgIpc) is 2.90. The number of carbonyl (C=O) groups is 2. The lowest BCUT2D eigenvalue weighted by Crippen LogP contribution is -2.18. The summed E-state index contributed by atoms with van der Waals surface area (Å²) in [4.78, 5) is 26.2. The van der Waals surface area contributed by atoms with Crippen LogP contribution in [0, 0.1) is 0 Å². The van der Waals surface area contributed by atoms with Crippen LogP contribution in [0.25, 0.3) is 0 Å². The zero-order valence-electron chi connectivity index (χ0n) is 12.7. The van der Waals surface area contributed by atoms with E-state index < -0.39 is 0 Å². The van der Waals surface area contributed by atoms with Crippen molar-refractivity contribution in [1.82, 2.24) is 10.3 Å². The highest BCUT2D eigenvalue weighted by Gasteiger charge is 2.04. The Morgan fingerprint density at radius 3 is 2.36 bits per heavy atom. The van der Waals surface area contributed by atoms with Gasteiger partial charge in [-0.2, -0.15) is 0 Å². The fourth-order valence-corrected chi connectivity index (χ4v) is 2.74. The molecule has 2 amide bonds. The maximum atomic E-state index is 11.0. The van der Waals surface area contributed by atoms with E-state index in [9.17, 15) is 9.59 Å². The number of amides is 2. The van der Waals surface area contributed by atoms with E-state index in [-0.39, 0.29) is 11.8 Å². The summed E-state index contributed by atoms with van der Waals surface area (Å²) in [6.07, 6.45) is 1.73. The van der Waals surface area contributed by atoms with Crippen LogP contribution in [0.3, 0.4) is 0 Å².